The summed E-state index contributed by atoms with van der Waals surface area (Å²) >= 11 is 5.78. The lowest BCUT2D eigenvalue weighted by Crippen LogP contribution is -2.26. The van der Waals surface area contributed by atoms with Crippen molar-refractivity contribution in [3.8, 4) is 0 Å². The van der Waals surface area contributed by atoms with Crippen LogP contribution in [0.4, 0.5) is 0 Å². The standard InChI is InChI=1S/C11H17ClN2O2/c1-14-8-9(12)7-10(14)11(16)13-5-3-2-4-6-15/h7-8,15H,2-6H2,1H3,(H,13,16). The highest BCUT2D eigenvalue weighted by Crippen LogP contribution is 2.12. The molecular weight excluding hydrogens is 228 g/mol. The van der Waals surface area contributed by atoms with E-state index in [1.807, 2.05) is 0 Å². The zero-order chi connectivity index (χ0) is 12.0. The summed E-state index contributed by atoms with van der Waals surface area (Å²) in [5, 5.41) is 12.0. The lowest BCUT2D eigenvalue weighted by molar-refractivity contribution is 0.0945. The molecule has 0 aliphatic heterocycles. The van der Waals surface area contributed by atoms with E-state index in [1.54, 1.807) is 23.9 Å². The predicted octanol–water partition coefficient (Wildman–Crippen LogP) is 1.57. The van der Waals surface area contributed by atoms with Crippen molar-refractivity contribution in [2.24, 2.45) is 7.05 Å². The number of nitrogens with one attached hydrogen (secondary N) is 1. The van der Waals surface area contributed by atoms with E-state index < -0.39 is 0 Å². The van der Waals surface area contributed by atoms with Gasteiger partial charge in [-0.25, -0.2) is 0 Å². The van der Waals surface area contributed by atoms with E-state index in [9.17, 15) is 4.79 Å². The molecule has 0 saturated carbocycles. The number of halogens is 1. The van der Waals surface area contributed by atoms with E-state index in [4.69, 9.17) is 16.7 Å². The van der Waals surface area contributed by atoms with Crippen molar-refractivity contribution in [1.29, 1.82) is 0 Å². The molecule has 1 heterocycles. The highest BCUT2D eigenvalue weighted by molar-refractivity contribution is 6.31. The van der Waals surface area contributed by atoms with Gasteiger partial charge in [0.1, 0.15) is 5.69 Å². The highest BCUT2D eigenvalue weighted by atomic mass is 35.5. The summed E-state index contributed by atoms with van der Waals surface area (Å²) in [6.45, 7) is 0.836. The van der Waals surface area contributed by atoms with Gasteiger partial charge in [-0.1, -0.05) is 11.6 Å². The lowest BCUT2D eigenvalue weighted by Gasteiger charge is -2.05. The van der Waals surface area contributed by atoms with E-state index in [0.717, 1.165) is 19.3 Å². The molecule has 4 nitrogen and oxygen atoms in total. The number of amides is 1. The fourth-order valence-electron chi connectivity index (χ4n) is 1.46. The van der Waals surface area contributed by atoms with Crippen molar-refractivity contribution in [2.75, 3.05) is 13.2 Å². The molecule has 5 heteroatoms. The number of carbonyl (C=O) groups excluding carboxylic acids is 1. The molecule has 0 unspecified atom stereocenters. The Morgan fingerprint density at radius 2 is 2.25 bits per heavy atom. The largest absolute Gasteiger partial charge is 0.396 e. The summed E-state index contributed by atoms with van der Waals surface area (Å²) < 4.78 is 1.70. The lowest BCUT2D eigenvalue weighted by atomic mass is 10.2. The molecule has 0 radical (unpaired) electrons. The van der Waals surface area contributed by atoms with Gasteiger partial charge in [0.15, 0.2) is 0 Å². The molecule has 2 N–H and O–H groups in total. The first-order valence-electron chi connectivity index (χ1n) is 5.36. The Bertz CT molecular complexity index is 350. The van der Waals surface area contributed by atoms with Crippen molar-refractivity contribution < 1.29 is 9.90 Å². The molecule has 16 heavy (non-hydrogen) atoms. The highest BCUT2D eigenvalue weighted by Gasteiger charge is 2.09. The second kappa shape index (κ2) is 6.55. The quantitative estimate of drug-likeness (QED) is 0.747. The topological polar surface area (TPSA) is 54.3 Å². The van der Waals surface area contributed by atoms with E-state index in [-0.39, 0.29) is 12.5 Å². The van der Waals surface area contributed by atoms with Crippen LogP contribution in [0, 0.1) is 0 Å². The Hall–Kier alpha value is -1.00. The van der Waals surface area contributed by atoms with Crippen LogP contribution in [-0.4, -0.2) is 28.7 Å². The third kappa shape index (κ3) is 3.87. The number of carbonyl (C=O) groups is 1. The number of hydrogen-bond donors (Lipinski definition) is 2. The Kier molecular flexibility index (Phi) is 5.35. The third-order valence-electron chi connectivity index (χ3n) is 2.32. The zero-order valence-electron chi connectivity index (χ0n) is 9.37. The van der Waals surface area contributed by atoms with Gasteiger partial charge in [-0.3, -0.25) is 4.79 Å². The Morgan fingerprint density at radius 3 is 2.81 bits per heavy atom. The first-order chi connectivity index (χ1) is 7.65. The van der Waals surface area contributed by atoms with Crippen LogP contribution in [0.15, 0.2) is 12.3 Å². The van der Waals surface area contributed by atoms with Gasteiger partial charge in [-0.05, 0) is 25.3 Å². The molecule has 0 aliphatic carbocycles. The first-order valence-corrected chi connectivity index (χ1v) is 5.74. The second-order valence-electron chi connectivity index (χ2n) is 3.69. The summed E-state index contributed by atoms with van der Waals surface area (Å²) in [5.74, 6) is -0.113. The number of rotatable bonds is 6. The number of unbranched alkanes of at least 4 members (excludes halogenated alkanes) is 2. The summed E-state index contributed by atoms with van der Waals surface area (Å²) in [7, 11) is 1.78. The molecule has 0 spiro atoms. The van der Waals surface area contributed by atoms with Crippen LogP contribution in [0.3, 0.4) is 0 Å². The average Bonchev–Trinajstić information content (AvgIpc) is 2.57. The van der Waals surface area contributed by atoms with Crippen molar-refractivity contribution in [3.05, 3.63) is 23.0 Å². The van der Waals surface area contributed by atoms with E-state index in [1.165, 1.54) is 0 Å². The summed E-state index contributed by atoms with van der Waals surface area (Å²) in [6.07, 6.45) is 4.28. The summed E-state index contributed by atoms with van der Waals surface area (Å²) in [6, 6.07) is 1.64. The minimum Gasteiger partial charge on any atom is -0.396 e. The first kappa shape index (κ1) is 13.1. The molecule has 1 rings (SSSR count). The maximum absolute atomic E-state index is 11.7. The Morgan fingerprint density at radius 1 is 1.50 bits per heavy atom. The third-order valence-corrected chi connectivity index (χ3v) is 2.53. The van der Waals surface area contributed by atoms with E-state index >= 15 is 0 Å². The van der Waals surface area contributed by atoms with Gasteiger partial charge in [0.2, 0.25) is 0 Å². The number of aromatic nitrogens is 1. The molecule has 0 aromatic carbocycles. The van der Waals surface area contributed by atoms with Crippen LogP contribution in [-0.2, 0) is 7.05 Å². The van der Waals surface area contributed by atoms with Crippen molar-refractivity contribution in [3.63, 3.8) is 0 Å². The van der Waals surface area contributed by atoms with Crippen LogP contribution in [0.25, 0.3) is 0 Å². The second-order valence-corrected chi connectivity index (χ2v) is 4.13. The van der Waals surface area contributed by atoms with Crippen molar-refractivity contribution in [2.45, 2.75) is 19.3 Å². The number of hydrogen-bond acceptors (Lipinski definition) is 2. The van der Waals surface area contributed by atoms with E-state index in [0.29, 0.717) is 17.3 Å². The van der Waals surface area contributed by atoms with Crippen molar-refractivity contribution >= 4 is 17.5 Å². The zero-order valence-corrected chi connectivity index (χ0v) is 10.1. The minimum atomic E-state index is -0.113. The fraction of sp³-hybridized carbons (Fsp3) is 0.545. The number of aryl methyl sites for hydroxylation is 1. The molecule has 0 atom stereocenters. The molecule has 1 aromatic heterocycles. The molecule has 0 bridgehead atoms. The smallest absolute Gasteiger partial charge is 0.267 e. The molecule has 0 saturated heterocycles. The number of nitrogens with zero attached hydrogens (tertiary/aromatic N) is 1. The van der Waals surface area contributed by atoms with Crippen LogP contribution in [0.1, 0.15) is 29.8 Å². The number of aliphatic hydroxyl groups is 1. The molecule has 1 aromatic rings. The van der Waals surface area contributed by atoms with Crippen molar-refractivity contribution in [1.82, 2.24) is 9.88 Å². The van der Waals surface area contributed by atoms with Crippen LogP contribution >= 0.6 is 11.6 Å². The van der Waals surface area contributed by atoms with Gasteiger partial charge in [0.05, 0.1) is 5.02 Å². The van der Waals surface area contributed by atoms with E-state index in [2.05, 4.69) is 5.32 Å². The Balaban J connectivity index is 2.33. The maximum Gasteiger partial charge on any atom is 0.267 e. The van der Waals surface area contributed by atoms with Gasteiger partial charge in [0, 0.05) is 26.4 Å². The molecule has 90 valence electrons. The van der Waals surface area contributed by atoms with Gasteiger partial charge < -0.3 is 15.0 Å². The van der Waals surface area contributed by atoms with Crippen LogP contribution in [0.2, 0.25) is 5.02 Å². The predicted molar refractivity (Wildman–Crippen MR) is 63.7 cm³/mol. The monoisotopic (exact) mass is 244 g/mol. The summed E-state index contributed by atoms with van der Waals surface area (Å²) in [4.78, 5) is 11.7. The average molecular weight is 245 g/mol. The SMILES string of the molecule is Cn1cc(Cl)cc1C(=O)NCCCCCO. The van der Waals surface area contributed by atoms with Gasteiger partial charge in [-0.15, -0.1) is 0 Å². The maximum atomic E-state index is 11.7. The molecule has 1 amide bonds. The van der Waals surface area contributed by atoms with Crippen LogP contribution in [0.5, 0.6) is 0 Å². The molecular formula is C11H17ClN2O2. The normalized spacial score (nSPS) is 10.4. The number of aliphatic hydroxyl groups excluding tert-OH is 1. The van der Waals surface area contributed by atoms with Gasteiger partial charge in [-0.2, -0.15) is 0 Å². The minimum absolute atomic E-state index is 0.113. The van der Waals surface area contributed by atoms with Gasteiger partial charge >= 0.3 is 0 Å². The van der Waals surface area contributed by atoms with Crippen LogP contribution < -0.4 is 5.32 Å². The molecule has 0 fully saturated rings. The molecule has 0 aliphatic rings. The summed E-state index contributed by atoms with van der Waals surface area (Å²) in [5.41, 5.74) is 0.562. The Labute approximate surface area is 100 Å². The fourth-order valence-corrected chi connectivity index (χ4v) is 1.71. The van der Waals surface area contributed by atoms with Gasteiger partial charge in [0.25, 0.3) is 5.91 Å².